The molecule has 2 aliphatic rings. The number of nitrogens with one attached hydrogen (secondary N) is 2. The molecule has 104 valence electrons. The molecule has 0 aromatic carbocycles. The number of aliphatic hydroxyl groups excluding tert-OH is 1. The molecule has 2 unspecified atom stereocenters. The average molecular weight is 255 g/mol. The molecule has 2 heterocycles. The molecule has 2 rings (SSSR count). The number of hydrogen-bond acceptors (Lipinski definition) is 4. The second-order valence-corrected chi connectivity index (χ2v) is 5.67. The van der Waals surface area contributed by atoms with Gasteiger partial charge in [-0.15, -0.1) is 0 Å². The van der Waals surface area contributed by atoms with E-state index in [0.29, 0.717) is 19.5 Å². The first-order valence-electron chi connectivity index (χ1n) is 7.06. The van der Waals surface area contributed by atoms with E-state index in [1.54, 1.807) is 0 Å². The molecular formula is C13H25N3O2. The van der Waals surface area contributed by atoms with E-state index >= 15 is 0 Å². The number of amides is 1. The predicted octanol–water partition coefficient (Wildman–Crippen LogP) is -0.443. The fraction of sp³-hybridized carbons (Fsp3) is 0.923. The van der Waals surface area contributed by atoms with Crippen LogP contribution in [-0.4, -0.2) is 60.8 Å². The standard InChI is InChI=1S/C13H25N3O2/c1-10-2-5-16(6-3-10)7-4-14-13(18)12-8-11(17)9-15-12/h10-12,15,17H,2-9H2,1H3,(H,14,18). The van der Waals surface area contributed by atoms with Gasteiger partial charge >= 0.3 is 0 Å². The summed E-state index contributed by atoms with van der Waals surface area (Å²) >= 11 is 0. The second-order valence-electron chi connectivity index (χ2n) is 5.67. The van der Waals surface area contributed by atoms with E-state index in [-0.39, 0.29) is 18.1 Å². The normalized spacial score (nSPS) is 30.6. The molecule has 0 aromatic heterocycles. The highest BCUT2D eigenvalue weighted by Gasteiger charge is 2.27. The lowest BCUT2D eigenvalue weighted by atomic mass is 9.99. The Morgan fingerprint density at radius 3 is 2.78 bits per heavy atom. The van der Waals surface area contributed by atoms with Crippen molar-refractivity contribution in [2.45, 2.75) is 38.3 Å². The topological polar surface area (TPSA) is 64.6 Å². The highest BCUT2D eigenvalue weighted by atomic mass is 16.3. The minimum atomic E-state index is -0.371. The molecule has 2 atom stereocenters. The van der Waals surface area contributed by atoms with Gasteiger partial charge in [0, 0.05) is 19.6 Å². The Hall–Kier alpha value is -0.650. The molecule has 5 heteroatoms. The second kappa shape index (κ2) is 6.50. The van der Waals surface area contributed by atoms with Crippen molar-refractivity contribution >= 4 is 5.91 Å². The van der Waals surface area contributed by atoms with Crippen molar-refractivity contribution in [3.05, 3.63) is 0 Å². The predicted molar refractivity (Wildman–Crippen MR) is 70.3 cm³/mol. The zero-order valence-corrected chi connectivity index (χ0v) is 11.2. The molecule has 0 saturated carbocycles. The fourth-order valence-electron chi connectivity index (χ4n) is 2.66. The fourth-order valence-corrected chi connectivity index (χ4v) is 2.66. The summed E-state index contributed by atoms with van der Waals surface area (Å²) in [6.45, 7) is 6.78. The van der Waals surface area contributed by atoms with Crippen LogP contribution in [-0.2, 0) is 4.79 Å². The van der Waals surface area contributed by atoms with Crippen LogP contribution in [0.1, 0.15) is 26.2 Å². The van der Waals surface area contributed by atoms with Gasteiger partial charge in [-0.2, -0.15) is 0 Å². The van der Waals surface area contributed by atoms with Crippen LogP contribution >= 0.6 is 0 Å². The first-order chi connectivity index (χ1) is 8.65. The number of nitrogens with zero attached hydrogens (tertiary/aromatic N) is 1. The van der Waals surface area contributed by atoms with Gasteiger partial charge in [0.2, 0.25) is 5.91 Å². The number of carbonyl (C=O) groups is 1. The van der Waals surface area contributed by atoms with E-state index < -0.39 is 0 Å². The van der Waals surface area contributed by atoms with E-state index in [1.807, 2.05) is 0 Å². The van der Waals surface area contributed by atoms with Crippen molar-refractivity contribution < 1.29 is 9.90 Å². The summed E-state index contributed by atoms with van der Waals surface area (Å²) in [4.78, 5) is 14.2. The Balaban J connectivity index is 1.59. The van der Waals surface area contributed by atoms with Crippen molar-refractivity contribution in [2.24, 2.45) is 5.92 Å². The molecule has 0 aliphatic carbocycles. The monoisotopic (exact) mass is 255 g/mol. The summed E-state index contributed by atoms with van der Waals surface area (Å²) in [7, 11) is 0. The van der Waals surface area contributed by atoms with Crippen LogP contribution in [0.5, 0.6) is 0 Å². The molecule has 1 amide bonds. The van der Waals surface area contributed by atoms with Gasteiger partial charge in [-0.3, -0.25) is 4.79 Å². The number of β-amino-alcohol motifs (C(OH)–C–C–N with tert-alkyl or cyclic N) is 1. The van der Waals surface area contributed by atoms with Crippen LogP contribution < -0.4 is 10.6 Å². The molecule has 18 heavy (non-hydrogen) atoms. The molecule has 0 bridgehead atoms. The summed E-state index contributed by atoms with van der Waals surface area (Å²) < 4.78 is 0. The number of piperidine rings is 1. The van der Waals surface area contributed by atoms with Gasteiger partial charge < -0.3 is 20.6 Å². The molecule has 5 nitrogen and oxygen atoms in total. The van der Waals surface area contributed by atoms with Gasteiger partial charge in [-0.25, -0.2) is 0 Å². The van der Waals surface area contributed by atoms with Crippen LogP contribution in [0.4, 0.5) is 0 Å². The highest BCUT2D eigenvalue weighted by Crippen LogP contribution is 2.15. The van der Waals surface area contributed by atoms with E-state index in [1.165, 1.54) is 12.8 Å². The molecule has 2 aliphatic heterocycles. The lowest BCUT2D eigenvalue weighted by molar-refractivity contribution is -0.123. The summed E-state index contributed by atoms with van der Waals surface area (Å²) in [5.41, 5.74) is 0. The summed E-state index contributed by atoms with van der Waals surface area (Å²) in [5.74, 6) is 0.872. The molecule has 0 radical (unpaired) electrons. The van der Waals surface area contributed by atoms with Gasteiger partial charge in [0.05, 0.1) is 12.1 Å². The Morgan fingerprint density at radius 1 is 1.44 bits per heavy atom. The number of carbonyl (C=O) groups excluding carboxylic acids is 1. The van der Waals surface area contributed by atoms with Crippen molar-refractivity contribution in [2.75, 3.05) is 32.7 Å². The maximum Gasteiger partial charge on any atom is 0.237 e. The Labute approximate surface area is 109 Å². The minimum absolute atomic E-state index is 0.0249. The van der Waals surface area contributed by atoms with Gasteiger partial charge in [-0.1, -0.05) is 6.92 Å². The SMILES string of the molecule is CC1CCN(CCNC(=O)C2CC(O)CN2)CC1. The summed E-state index contributed by atoms with van der Waals surface area (Å²) in [6.07, 6.45) is 2.70. The van der Waals surface area contributed by atoms with Crippen molar-refractivity contribution in [3.63, 3.8) is 0 Å². The van der Waals surface area contributed by atoms with E-state index in [2.05, 4.69) is 22.5 Å². The third-order valence-corrected chi connectivity index (χ3v) is 4.03. The Morgan fingerprint density at radius 2 is 2.17 bits per heavy atom. The van der Waals surface area contributed by atoms with Crippen molar-refractivity contribution in [3.8, 4) is 0 Å². The van der Waals surface area contributed by atoms with Gasteiger partial charge in [-0.05, 0) is 38.3 Å². The lowest BCUT2D eigenvalue weighted by Crippen LogP contribution is -2.44. The van der Waals surface area contributed by atoms with Gasteiger partial charge in [0.25, 0.3) is 0 Å². The van der Waals surface area contributed by atoms with Crippen LogP contribution in [0.2, 0.25) is 0 Å². The summed E-state index contributed by atoms with van der Waals surface area (Å²) in [5, 5.41) is 15.3. The lowest BCUT2D eigenvalue weighted by Gasteiger charge is -2.30. The zero-order chi connectivity index (χ0) is 13.0. The Bertz CT molecular complexity index is 277. The quantitative estimate of drug-likeness (QED) is 0.637. The van der Waals surface area contributed by atoms with E-state index in [0.717, 1.165) is 25.6 Å². The largest absolute Gasteiger partial charge is 0.392 e. The average Bonchev–Trinajstić information content (AvgIpc) is 2.78. The third kappa shape index (κ3) is 3.93. The third-order valence-electron chi connectivity index (χ3n) is 4.03. The van der Waals surface area contributed by atoms with Gasteiger partial charge in [0.15, 0.2) is 0 Å². The first-order valence-corrected chi connectivity index (χ1v) is 7.06. The number of aliphatic hydroxyl groups is 1. The maximum atomic E-state index is 11.8. The molecule has 2 fully saturated rings. The van der Waals surface area contributed by atoms with Crippen molar-refractivity contribution in [1.82, 2.24) is 15.5 Å². The smallest absolute Gasteiger partial charge is 0.237 e. The van der Waals surface area contributed by atoms with Crippen molar-refractivity contribution in [1.29, 1.82) is 0 Å². The van der Waals surface area contributed by atoms with Crippen LogP contribution in [0.15, 0.2) is 0 Å². The molecule has 2 saturated heterocycles. The van der Waals surface area contributed by atoms with Crippen LogP contribution in [0.25, 0.3) is 0 Å². The van der Waals surface area contributed by atoms with Crippen LogP contribution in [0.3, 0.4) is 0 Å². The number of likely N-dealkylation sites (tertiary alicyclic amines) is 1. The molecule has 3 N–H and O–H groups in total. The van der Waals surface area contributed by atoms with E-state index in [4.69, 9.17) is 0 Å². The minimum Gasteiger partial charge on any atom is -0.392 e. The first kappa shape index (κ1) is 13.8. The number of rotatable bonds is 4. The van der Waals surface area contributed by atoms with Crippen LogP contribution in [0, 0.1) is 5.92 Å². The highest BCUT2D eigenvalue weighted by molar-refractivity contribution is 5.82. The summed E-state index contributed by atoms with van der Waals surface area (Å²) in [6, 6.07) is -0.207. The zero-order valence-electron chi connectivity index (χ0n) is 11.2. The molecular weight excluding hydrogens is 230 g/mol. The molecule has 0 aromatic rings. The Kier molecular flexibility index (Phi) is 4.97. The van der Waals surface area contributed by atoms with Gasteiger partial charge in [0.1, 0.15) is 0 Å². The molecule has 0 spiro atoms. The number of hydrogen-bond donors (Lipinski definition) is 3. The van der Waals surface area contributed by atoms with E-state index in [9.17, 15) is 9.90 Å². The maximum absolute atomic E-state index is 11.8.